The number of rotatable bonds is 9. The molecule has 0 saturated heterocycles. The molecule has 0 aromatic heterocycles. The molecule has 2 N–H and O–H groups in total. The lowest BCUT2D eigenvalue weighted by atomic mass is 10.1. The zero-order valence-electron chi connectivity index (χ0n) is 16.6. The summed E-state index contributed by atoms with van der Waals surface area (Å²) in [7, 11) is 0. The fourth-order valence-corrected chi connectivity index (χ4v) is 3.37. The van der Waals surface area contributed by atoms with Gasteiger partial charge in [0.15, 0.2) is 6.10 Å². The Morgan fingerprint density at radius 3 is 2.55 bits per heavy atom. The summed E-state index contributed by atoms with van der Waals surface area (Å²) in [5.41, 5.74) is 2.33. The maximum absolute atomic E-state index is 12.7. The zero-order chi connectivity index (χ0) is 20.8. The molecule has 0 bridgehead atoms. The molecule has 3 rings (SSSR count). The largest absolute Gasteiger partial charge is 0.489 e. The Kier molecular flexibility index (Phi) is 6.72. The number of hydrogen-bond acceptors (Lipinski definition) is 5. The van der Waals surface area contributed by atoms with Gasteiger partial charge < -0.3 is 24.8 Å². The van der Waals surface area contributed by atoms with E-state index in [9.17, 15) is 14.7 Å². The molecule has 0 radical (unpaired) electrons. The Balaban J connectivity index is 1.62. The number of anilines is 1. The number of amides is 1. The van der Waals surface area contributed by atoms with E-state index in [1.807, 2.05) is 43.3 Å². The van der Waals surface area contributed by atoms with Crippen LogP contribution in [0.1, 0.15) is 29.8 Å². The molecule has 1 aliphatic rings. The fraction of sp³-hybridized carbons (Fsp3) is 0.364. The quantitative estimate of drug-likeness (QED) is 0.675. The summed E-state index contributed by atoms with van der Waals surface area (Å²) in [6.45, 7) is 4.93. The van der Waals surface area contributed by atoms with Crippen molar-refractivity contribution < 1.29 is 24.2 Å². The molecule has 1 heterocycles. The van der Waals surface area contributed by atoms with Gasteiger partial charge in [-0.1, -0.05) is 24.3 Å². The van der Waals surface area contributed by atoms with E-state index < -0.39 is 12.1 Å². The Bertz CT molecular complexity index is 853. The molecular formula is C22H26N2O5. The molecule has 7 heteroatoms. The minimum Gasteiger partial charge on any atom is -0.489 e. The summed E-state index contributed by atoms with van der Waals surface area (Å²) in [5, 5.41) is 12.6. The number of para-hydroxylation sites is 1. The number of fused-ring (bicyclic) bond motifs is 1. The Morgan fingerprint density at radius 2 is 1.90 bits per heavy atom. The van der Waals surface area contributed by atoms with Crippen molar-refractivity contribution in [3.63, 3.8) is 0 Å². The molecule has 0 saturated carbocycles. The van der Waals surface area contributed by atoms with Crippen LogP contribution in [0.5, 0.6) is 5.75 Å². The fourth-order valence-electron chi connectivity index (χ4n) is 3.37. The maximum atomic E-state index is 12.7. The minimum absolute atomic E-state index is 0.0126. The molecule has 2 aromatic carbocycles. The summed E-state index contributed by atoms with van der Waals surface area (Å²) in [5.74, 6) is -0.331. The van der Waals surface area contributed by atoms with Crippen LogP contribution >= 0.6 is 0 Å². The number of likely N-dealkylation sites (N-methyl/N-ethyl adjacent to an activating group) is 1. The van der Waals surface area contributed by atoms with Crippen LogP contribution in [-0.2, 0) is 16.0 Å². The molecule has 2 aromatic rings. The van der Waals surface area contributed by atoms with E-state index in [4.69, 9.17) is 9.47 Å². The number of carboxylic acid groups (broad SMARTS) is 1. The number of carbonyl (C=O) groups excluding carboxylic acids is 1. The van der Waals surface area contributed by atoms with Gasteiger partial charge in [-0.05, 0) is 43.7 Å². The first-order valence-electron chi connectivity index (χ1n) is 9.76. The predicted octanol–water partition coefficient (Wildman–Crippen LogP) is 3.01. The van der Waals surface area contributed by atoms with Crippen LogP contribution in [-0.4, -0.2) is 53.9 Å². The number of hydrogen-bond donors (Lipinski definition) is 2. The number of benzene rings is 2. The van der Waals surface area contributed by atoms with Crippen molar-refractivity contribution >= 4 is 17.6 Å². The van der Waals surface area contributed by atoms with Crippen LogP contribution in [0, 0.1) is 0 Å². The third kappa shape index (κ3) is 4.86. The Hall–Kier alpha value is -3.06. The van der Waals surface area contributed by atoms with Crippen molar-refractivity contribution in [1.29, 1.82) is 0 Å². The summed E-state index contributed by atoms with van der Waals surface area (Å²) in [6.07, 6.45) is -0.832. The second kappa shape index (κ2) is 9.43. The molecule has 0 spiro atoms. The maximum Gasteiger partial charge on any atom is 0.333 e. The van der Waals surface area contributed by atoms with Crippen molar-refractivity contribution in [2.45, 2.75) is 32.5 Å². The van der Waals surface area contributed by atoms with Gasteiger partial charge in [0.1, 0.15) is 18.5 Å². The van der Waals surface area contributed by atoms with Crippen LogP contribution in [0.15, 0.2) is 48.5 Å². The van der Waals surface area contributed by atoms with Crippen LogP contribution in [0.25, 0.3) is 0 Å². The van der Waals surface area contributed by atoms with E-state index in [0.717, 1.165) is 11.3 Å². The van der Waals surface area contributed by atoms with Gasteiger partial charge in [0.2, 0.25) is 0 Å². The smallest absolute Gasteiger partial charge is 0.333 e. The Labute approximate surface area is 170 Å². The molecule has 0 aliphatic carbocycles. The molecule has 29 heavy (non-hydrogen) atoms. The second-order valence-electron chi connectivity index (χ2n) is 6.74. The lowest BCUT2D eigenvalue weighted by molar-refractivity contribution is -0.149. The van der Waals surface area contributed by atoms with Gasteiger partial charge in [0.25, 0.3) is 5.91 Å². The van der Waals surface area contributed by atoms with Gasteiger partial charge in [-0.2, -0.15) is 0 Å². The van der Waals surface area contributed by atoms with Gasteiger partial charge in [-0.25, -0.2) is 4.79 Å². The molecule has 7 nitrogen and oxygen atoms in total. The summed E-state index contributed by atoms with van der Waals surface area (Å²) in [4.78, 5) is 25.7. The number of carboxylic acids is 1. The number of nitrogens with zero attached hydrogens (tertiary/aromatic N) is 1. The van der Waals surface area contributed by atoms with E-state index in [1.54, 1.807) is 24.0 Å². The lowest BCUT2D eigenvalue weighted by Gasteiger charge is -2.37. The SMILES string of the molecule is CCOC(Cc1ccc(OCC2Nc3ccccc3C(=O)N2CC)cc1)C(=O)O. The van der Waals surface area contributed by atoms with Crippen molar-refractivity contribution in [3.05, 3.63) is 59.7 Å². The number of aliphatic carboxylic acids is 1. The first-order valence-corrected chi connectivity index (χ1v) is 9.76. The van der Waals surface area contributed by atoms with Crippen molar-refractivity contribution in [1.82, 2.24) is 4.90 Å². The first kappa shape index (κ1) is 20.7. The van der Waals surface area contributed by atoms with Crippen LogP contribution in [0.3, 0.4) is 0 Å². The average molecular weight is 398 g/mol. The summed E-state index contributed by atoms with van der Waals surface area (Å²) >= 11 is 0. The molecule has 154 valence electrons. The standard InChI is InChI=1S/C22H26N2O5/c1-3-24-20(23-18-8-6-5-7-17(18)21(24)25)14-29-16-11-9-15(10-12-16)13-19(22(26)27)28-4-2/h5-12,19-20,23H,3-4,13-14H2,1-2H3,(H,26,27). The van der Waals surface area contributed by atoms with Crippen LogP contribution < -0.4 is 10.1 Å². The van der Waals surface area contributed by atoms with E-state index in [0.29, 0.717) is 37.5 Å². The molecule has 2 atom stereocenters. The van der Waals surface area contributed by atoms with Crippen molar-refractivity contribution in [2.24, 2.45) is 0 Å². The van der Waals surface area contributed by atoms with E-state index in [2.05, 4.69) is 5.32 Å². The lowest BCUT2D eigenvalue weighted by Crippen LogP contribution is -2.51. The third-order valence-corrected chi connectivity index (χ3v) is 4.85. The van der Waals surface area contributed by atoms with E-state index >= 15 is 0 Å². The molecular weight excluding hydrogens is 372 g/mol. The first-order chi connectivity index (χ1) is 14.0. The number of carbonyl (C=O) groups is 2. The van der Waals surface area contributed by atoms with Gasteiger partial charge in [-0.3, -0.25) is 4.79 Å². The Morgan fingerprint density at radius 1 is 1.17 bits per heavy atom. The van der Waals surface area contributed by atoms with Gasteiger partial charge >= 0.3 is 5.97 Å². The summed E-state index contributed by atoms with van der Waals surface area (Å²) in [6, 6.07) is 14.7. The highest BCUT2D eigenvalue weighted by atomic mass is 16.5. The second-order valence-corrected chi connectivity index (χ2v) is 6.74. The van der Waals surface area contributed by atoms with Crippen LogP contribution in [0.2, 0.25) is 0 Å². The monoisotopic (exact) mass is 398 g/mol. The van der Waals surface area contributed by atoms with Crippen molar-refractivity contribution in [2.75, 3.05) is 25.1 Å². The minimum atomic E-state index is -0.972. The topological polar surface area (TPSA) is 88.1 Å². The number of ether oxygens (including phenoxy) is 2. The predicted molar refractivity (Wildman–Crippen MR) is 109 cm³/mol. The summed E-state index contributed by atoms with van der Waals surface area (Å²) < 4.78 is 11.1. The highest BCUT2D eigenvalue weighted by molar-refractivity contribution is 6.01. The zero-order valence-corrected chi connectivity index (χ0v) is 16.6. The highest BCUT2D eigenvalue weighted by Crippen LogP contribution is 2.25. The molecule has 1 aliphatic heterocycles. The van der Waals surface area contributed by atoms with Gasteiger partial charge in [-0.15, -0.1) is 0 Å². The third-order valence-electron chi connectivity index (χ3n) is 4.85. The molecule has 1 amide bonds. The van der Waals surface area contributed by atoms with Crippen molar-refractivity contribution in [3.8, 4) is 5.75 Å². The molecule has 2 unspecified atom stereocenters. The normalized spacial score (nSPS) is 16.7. The highest BCUT2D eigenvalue weighted by Gasteiger charge is 2.31. The van der Waals surface area contributed by atoms with E-state index in [-0.39, 0.29) is 12.1 Å². The van der Waals surface area contributed by atoms with Gasteiger partial charge in [0, 0.05) is 25.3 Å². The molecule has 0 fully saturated rings. The van der Waals surface area contributed by atoms with E-state index in [1.165, 1.54) is 0 Å². The van der Waals surface area contributed by atoms with Gasteiger partial charge in [0.05, 0.1) is 5.56 Å². The number of nitrogens with one attached hydrogen (secondary N) is 1. The van der Waals surface area contributed by atoms with Crippen LogP contribution in [0.4, 0.5) is 5.69 Å². The average Bonchev–Trinajstić information content (AvgIpc) is 2.73.